The van der Waals surface area contributed by atoms with Gasteiger partial charge in [0.25, 0.3) is 0 Å². The lowest BCUT2D eigenvalue weighted by atomic mass is 10.0. The van der Waals surface area contributed by atoms with Crippen LogP contribution >= 0.6 is 0 Å². The molecule has 1 N–H and O–H groups in total. The molecular weight excluding hydrogens is 260 g/mol. The molecular formula is C18H22N2O. The zero-order chi connectivity index (χ0) is 14.5. The second-order valence-corrected chi connectivity index (χ2v) is 5.38. The quantitative estimate of drug-likeness (QED) is 0.935. The third kappa shape index (κ3) is 3.19. The molecule has 1 heterocycles. The summed E-state index contributed by atoms with van der Waals surface area (Å²) in [5, 5.41) is 3.55. The number of hydrogen-bond acceptors (Lipinski definition) is 3. The van der Waals surface area contributed by atoms with Gasteiger partial charge in [0.15, 0.2) is 0 Å². The molecule has 0 spiro atoms. The van der Waals surface area contributed by atoms with Crippen LogP contribution in [0, 0.1) is 0 Å². The molecule has 1 aliphatic rings. The van der Waals surface area contributed by atoms with Gasteiger partial charge < -0.3 is 15.0 Å². The van der Waals surface area contributed by atoms with Crippen LogP contribution in [0.4, 0.5) is 5.69 Å². The maximum absolute atomic E-state index is 5.26. The highest BCUT2D eigenvalue weighted by atomic mass is 16.5. The summed E-state index contributed by atoms with van der Waals surface area (Å²) < 4.78 is 5.26. The van der Waals surface area contributed by atoms with Gasteiger partial charge >= 0.3 is 0 Å². The minimum atomic E-state index is 0.362. The van der Waals surface area contributed by atoms with Crippen LogP contribution in [0.1, 0.15) is 18.0 Å². The number of benzene rings is 2. The lowest BCUT2D eigenvalue weighted by Gasteiger charge is -2.32. The Labute approximate surface area is 126 Å². The van der Waals surface area contributed by atoms with Crippen molar-refractivity contribution >= 4 is 5.69 Å². The highest BCUT2D eigenvalue weighted by Gasteiger charge is 2.22. The fourth-order valence-corrected chi connectivity index (χ4v) is 2.93. The Bertz CT molecular complexity index is 553. The van der Waals surface area contributed by atoms with Crippen LogP contribution in [0.25, 0.3) is 0 Å². The van der Waals surface area contributed by atoms with Crippen LogP contribution in [-0.2, 0) is 0 Å². The first-order valence-corrected chi connectivity index (χ1v) is 7.55. The summed E-state index contributed by atoms with van der Waals surface area (Å²) in [5.74, 6) is 0.909. The van der Waals surface area contributed by atoms with Gasteiger partial charge in [-0.3, -0.25) is 0 Å². The zero-order valence-electron chi connectivity index (χ0n) is 12.5. The van der Waals surface area contributed by atoms with Crippen LogP contribution in [-0.4, -0.2) is 26.7 Å². The van der Waals surface area contributed by atoms with E-state index in [0.29, 0.717) is 6.04 Å². The van der Waals surface area contributed by atoms with Crippen molar-refractivity contribution in [2.24, 2.45) is 0 Å². The van der Waals surface area contributed by atoms with E-state index in [1.807, 2.05) is 12.1 Å². The molecule has 0 aromatic heterocycles. The maximum atomic E-state index is 5.26. The summed E-state index contributed by atoms with van der Waals surface area (Å²) in [4.78, 5) is 2.50. The topological polar surface area (TPSA) is 24.5 Å². The Kier molecular flexibility index (Phi) is 4.41. The van der Waals surface area contributed by atoms with Crippen LogP contribution in [0.5, 0.6) is 5.75 Å². The predicted octanol–water partition coefficient (Wildman–Crippen LogP) is 3.24. The molecule has 0 aliphatic carbocycles. The van der Waals surface area contributed by atoms with Crippen molar-refractivity contribution in [3.05, 3.63) is 60.2 Å². The van der Waals surface area contributed by atoms with Crippen LogP contribution in [0.3, 0.4) is 0 Å². The minimum Gasteiger partial charge on any atom is -0.497 e. The molecule has 2 aromatic carbocycles. The molecule has 3 nitrogen and oxygen atoms in total. The van der Waals surface area contributed by atoms with E-state index in [9.17, 15) is 0 Å². The van der Waals surface area contributed by atoms with E-state index >= 15 is 0 Å². The molecule has 0 bridgehead atoms. The van der Waals surface area contributed by atoms with Crippen molar-refractivity contribution in [3.8, 4) is 5.75 Å². The fourth-order valence-electron chi connectivity index (χ4n) is 2.93. The average Bonchev–Trinajstić information content (AvgIpc) is 2.81. The summed E-state index contributed by atoms with van der Waals surface area (Å²) in [5.41, 5.74) is 2.62. The van der Waals surface area contributed by atoms with E-state index in [2.05, 4.69) is 52.7 Å². The fraction of sp³-hybridized carbons (Fsp3) is 0.333. The van der Waals surface area contributed by atoms with Gasteiger partial charge in [0.1, 0.15) is 5.75 Å². The second-order valence-electron chi connectivity index (χ2n) is 5.38. The van der Waals surface area contributed by atoms with E-state index in [-0.39, 0.29) is 0 Å². The van der Waals surface area contributed by atoms with Crippen LogP contribution in [0.15, 0.2) is 54.6 Å². The number of ether oxygens (including phenoxy) is 1. The first-order chi connectivity index (χ1) is 10.4. The van der Waals surface area contributed by atoms with Gasteiger partial charge in [0.05, 0.1) is 13.2 Å². The van der Waals surface area contributed by atoms with Gasteiger partial charge in [-0.1, -0.05) is 30.3 Å². The zero-order valence-corrected chi connectivity index (χ0v) is 12.5. The van der Waals surface area contributed by atoms with Gasteiger partial charge in [-0.2, -0.15) is 0 Å². The number of hydrogen-bond donors (Lipinski definition) is 1. The molecule has 21 heavy (non-hydrogen) atoms. The number of rotatable bonds is 3. The number of anilines is 1. The number of nitrogens with zero attached hydrogens (tertiary/aromatic N) is 1. The third-order valence-corrected chi connectivity index (χ3v) is 4.05. The Morgan fingerprint density at radius 1 is 1.05 bits per heavy atom. The lowest BCUT2D eigenvalue weighted by Crippen LogP contribution is -2.32. The molecule has 0 saturated carbocycles. The van der Waals surface area contributed by atoms with E-state index < -0.39 is 0 Å². The number of nitrogens with one attached hydrogen (secondary N) is 1. The molecule has 0 amide bonds. The molecule has 110 valence electrons. The molecule has 2 aromatic rings. The highest BCUT2D eigenvalue weighted by molar-refractivity contribution is 5.49. The maximum Gasteiger partial charge on any atom is 0.118 e. The Hall–Kier alpha value is -2.00. The van der Waals surface area contributed by atoms with E-state index in [1.54, 1.807) is 7.11 Å². The van der Waals surface area contributed by atoms with E-state index in [1.165, 1.54) is 17.7 Å². The molecule has 1 fully saturated rings. The van der Waals surface area contributed by atoms with Gasteiger partial charge in [-0.05, 0) is 42.8 Å². The summed E-state index contributed by atoms with van der Waals surface area (Å²) in [7, 11) is 1.71. The summed E-state index contributed by atoms with van der Waals surface area (Å²) >= 11 is 0. The Morgan fingerprint density at radius 2 is 1.81 bits per heavy atom. The van der Waals surface area contributed by atoms with Crippen molar-refractivity contribution < 1.29 is 4.74 Å². The van der Waals surface area contributed by atoms with Crippen molar-refractivity contribution in [2.75, 3.05) is 31.6 Å². The van der Waals surface area contributed by atoms with E-state index in [0.717, 1.165) is 25.4 Å². The van der Waals surface area contributed by atoms with E-state index in [4.69, 9.17) is 4.74 Å². The lowest BCUT2D eigenvalue weighted by molar-refractivity contribution is 0.414. The molecule has 0 radical (unpaired) electrons. The Morgan fingerprint density at radius 3 is 2.52 bits per heavy atom. The summed E-state index contributed by atoms with van der Waals surface area (Å²) in [6.45, 7) is 3.13. The summed E-state index contributed by atoms with van der Waals surface area (Å²) in [6, 6.07) is 19.5. The van der Waals surface area contributed by atoms with Gasteiger partial charge in [0.2, 0.25) is 0 Å². The molecule has 1 atom stereocenters. The highest BCUT2D eigenvalue weighted by Crippen LogP contribution is 2.29. The standard InChI is InChI=1S/C18H22N2O/c1-21-17-10-8-15(9-11-17)18-14-19-12-5-13-20(18)16-6-3-2-4-7-16/h2-4,6-11,18-19H,5,12-14H2,1H3/t18-/m0/s1. The van der Waals surface area contributed by atoms with Gasteiger partial charge in [-0.25, -0.2) is 0 Å². The monoisotopic (exact) mass is 282 g/mol. The third-order valence-electron chi connectivity index (χ3n) is 4.05. The largest absolute Gasteiger partial charge is 0.497 e. The smallest absolute Gasteiger partial charge is 0.118 e. The average molecular weight is 282 g/mol. The number of methoxy groups -OCH3 is 1. The van der Waals surface area contributed by atoms with Crippen LogP contribution in [0.2, 0.25) is 0 Å². The Balaban J connectivity index is 1.91. The predicted molar refractivity (Wildman–Crippen MR) is 87.0 cm³/mol. The van der Waals surface area contributed by atoms with Crippen LogP contribution < -0.4 is 15.0 Å². The second kappa shape index (κ2) is 6.64. The van der Waals surface area contributed by atoms with Crippen molar-refractivity contribution in [1.82, 2.24) is 5.32 Å². The van der Waals surface area contributed by atoms with Gasteiger partial charge in [0, 0.05) is 18.8 Å². The molecule has 3 rings (SSSR count). The first-order valence-electron chi connectivity index (χ1n) is 7.55. The van der Waals surface area contributed by atoms with Gasteiger partial charge in [-0.15, -0.1) is 0 Å². The van der Waals surface area contributed by atoms with Crippen molar-refractivity contribution in [1.29, 1.82) is 0 Å². The SMILES string of the molecule is COc1ccc([C@@H]2CNCCCN2c2ccccc2)cc1. The first kappa shape index (κ1) is 14.0. The normalized spacial score (nSPS) is 19.1. The molecule has 3 heteroatoms. The number of para-hydroxylation sites is 1. The molecule has 0 unspecified atom stereocenters. The van der Waals surface area contributed by atoms with Crippen molar-refractivity contribution in [2.45, 2.75) is 12.5 Å². The summed E-state index contributed by atoms with van der Waals surface area (Å²) in [6.07, 6.45) is 1.17. The minimum absolute atomic E-state index is 0.362. The molecule has 1 saturated heterocycles. The molecule has 1 aliphatic heterocycles. The van der Waals surface area contributed by atoms with Crippen molar-refractivity contribution in [3.63, 3.8) is 0 Å².